The van der Waals surface area contributed by atoms with Crippen molar-refractivity contribution in [3.05, 3.63) is 118 Å². The van der Waals surface area contributed by atoms with Gasteiger partial charge in [-0.1, -0.05) is 77.2 Å². The van der Waals surface area contributed by atoms with Crippen molar-refractivity contribution in [1.29, 1.82) is 10.5 Å². The maximum absolute atomic E-state index is 9.74. The van der Waals surface area contributed by atoms with Crippen LogP contribution in [0, 0.1) is 22.7 Å². The van der Waals surface area contributed by atoms with Crippen molar-refractivity contribution in [3.63, 3.8) is 0 Å². The quantitative estimate of drug-likeness (QED) is 0.169. The fraction of sp³-hybridized carbons (Fsp3) is 0.103. The van der Waals surface area contributed by atoms with Crippen LogP contribution in [0.25, 0.3) is 22.3 Å². The minimum atomic E-state index is -0.535. The zero-order chi connectivity index (χ0) is 22.0. The minimum absolute atomic E-state index is 0.305. The summed E-state index contributed by atoms with van der Waals surface area (Å²) in [7, 11) is 0. The first kappa shape index (κ1) is 19.3. The molecule has 3 heteroatoms. The summed E-state index contributed by atoms with van der Waals surface area (Å²) in [6.45, 7) is 2.22. The fourth-order valence-corrected chi connectivity index (χ4v) is 6.27. The zero-order valence-electron chi connectivity index (χ0n) is 17.4. The third-order valence-electron chi connectivity index (χ3n) is 6.92. The Labute approximate surface area is 200 Å². The van der Waals surface area contributed by atoms with Crippen molar-refractivity contribution in [2.24, 2.45) is 0 Å². The molecule has 150 valence electrons. The summed E-state index contributed by atoms with van der Waals surface area (Å²) >= 11 is 2.49. The molecule has 2 aliphatic rings. The highest BCUT2D eigenvalue weighted by Crippen LogP contribution is 2.64. The van der Waals surface area contributed by atoms with E-state index in [2.05, 4.69) is 108 Å². The molecule has 32 heavy (non-hydrogen) atoms. The number of nitrogens with zero attached hydrogens (tertiary/aromatic N) is 2. The molecule has 4 aromatic carbocycles. The van der Waals surface area contributed by atoms with Crippen LogP contribution in [0.15, 0.2) is 78.9 Å². The van der Waals surface area contributed by atoms with Crippen LogP contribution >= 0.6 is 22.6 Å². The predicted molar refractivity (Wildman–Crippen MR) is 135 cm³/mol. The summed E-state index contributed by atoms with van der Waals surface area (Å²) in [5.74, 6) is 0. The second kappa shape index (κ2) is 6.79. The van der Waals surface area contributed by atoms with Crippen LogP contribution in [0.5, 0.6) is 0 Å². The second-order valence-corrected chi connectivity index (χ2v) is 10.3. The monoisotopic (exact) mass is 520 g/mol. The lowest BCUT2D eigenvalue weighted by atomic mass is 9.68. The van der Waals surface area contributed by atoms with Gasteiger partial charge in [-0.25, -0.2) is 0 Å². The molecule has 0 radical (unpaired) electrons. The number of hydrogen-bond acceptors (Lipinski definition) is 2. The Hall–Kier alpha value is -3.41. The summed E-state index contributed by atoms with van der Waals surface area (Å²) in [5.41, 5.74) is 11.6. The van der Waals surface area contributed by atoms with Crippen LogP contribution in [-0.4, -0.2) is 0 Å². The zero-order valence-corrected chi connectivity index (χ0v) is 19.5. The lowest BCUT2D eigenvalue weighted by Crippen LogP contribution is -2.27. The SMILES string of the molecule is C[C@H](I)c1cccc2c1C1(c3cc(C#N)ccc3-c3ccc(C#N)cc31)c1ccccc1-2. The van der Waals surface area contributed by atoms with Crippen molar-refractivity contribution >= 4 is 22.6 Å². The third kappa shape index (κ3) is 2.27. The first-order chi connectivity index (χ1) is 15.6. The molecule has 0 N–H and O–H groups in total. The van der Waals surface area contributed by atoms with Crippen molar-refractivity contribution in [2.75, 3.05) is 0 Å². The van der Waals surface area contributed by atoms with Gasteiger partial charge in [-0.2, -0.15) is 10.5 Å². The molecule has 2 aliphatic carbocycles. The van der Waals surface area contributed by atoms with Gasteiger partial charge in [-0.15, -0.1) is 0 Å². The van der Waals surface area contributed by atoms with Gasteiger partial charge in [-0.3, -0.25) is 0 Å². The normalized spacial score (nSPS) is 14.6. The standard InChI is InChI=1S/C29H17IN2/c1-17(30)20-6-4-7-24-21-5-2-3-8-25(21)29(28(20)24)26-13-18(15-31)9-11-22(26)23-12-10-19(16-32)14-27(23)29/h2-14,17H,1H3/t17-/m0/s1. The summed E-state index contributed by atoms with van der Waals surface area (Å²) in [6.07, 6.45) is 0. The lowest BCUT2D eigenvalue weighted by molar-refractivity contribution is 0.778. The molecule has 4 aromatic rings. The number of alkyl halides is 1. The van der Waals surface area contributed by atoms with Gasteiger partial charge in [0.25, 0.3) is 0 Å². The van der Waals surface area contributed by atoms with Crippen molar-refractivity contribution in [1.82, 2.24) is 0 Å². The third-order valence-corrected chi connectivity index (χ3v) is 7.59. The van der Waals surface area contributed by atoms with Crippen molar-refractivity contribution < 1.29 is 0 Å². The largest absolute Gasteiger partial charge is 0.192 e. The van der Waals surface area contributed by atoms with E-state index in [1.165, 1.54) is 27.8 Å². The number of fused-ring (bicyclic) bond motifs is 10. The van der Waals surface area contributed by atoms with Crippen LogP contribution in [0.3, 0.4) is 0 Å². The summed E-state index contributed by atoms with van der Waals surface area (Å²) in [4.78, 5) is 0. The number of rotatable bonds is 1. The number of nitriles is 2. The Kier molecular flexibility index (Phi) is 4.09. The Morgan fingerprint density at radius 2 is 1.25 bits per heavy atom. The molecule has 0 fully saturated rings. The van der Waals surface area contributed by atoms with E-state index in [9.17, 15) is 10.5 Å². The molecule has 1 spiro atoms. The van der Waals surface area contributed by atoms with E-state index in [4.69, 9.17) is 0 Å². The summed E-state index contributed by atoms with van der Waals surface area (Å²) < 4.78 is 0.305. The Morgan fingerprint density at radius 1 is 0.688 bits per heavy atom. The summed E-state index contributed by atoms with van der Waals surface area (Å²) in [5, 5.41) is 19.5. The fourth-order valence-electron chi connectivity index (χ4n) is 5.75. The number of benzene rings is 4. The second-order valence-electron chi connectivity index (χ2n) is 8.43. The predicted octanol–water partition coefficient (Wildman–Crippen LogP) is 7.27. The highest BCUT2D eigenvalue weighted by atomic mass is 127. The maximum Gasteiger partial charge on any atom is 0.0991 e. The van der Waals surface area contributed by atoms with Crippen molar-refractivity contribution in [2.45, 2.75) is 16.3 Å². The molecule has 2 nitrogen and oxygen atoms in total. The van der Waals surface area contributed by atoms with Crippen LogP contribution in [0.4, 0.5) is 0 Å². The highest BCUT2D eigenvalue weighted by Gasteiger charge is 2.53. The highest BCUT2D eigenvalue weighted by molar-refractivity contribution is 14.1. The van der Waals surface area contributed by atoms with E-state index < -0.39 is 5.41 Å². The molecule has 0 bridgehead atoms. The number of hydrogen-bond donors (Lipinski definition) is 0. The van der Waals surface area contributed by atoms with Gasteiger partial charge >= 0.3 is 0 Å². The van der Waals surface area contributed by atoms with E-state index in [1.807, 2.05) is 12.1 Å². The molecule has 0 saturated heterocycles. The smallest absolute Gasteiger partial charge is 0.0991 e. The van der Waals surface area contributed by atoms with E-state index in [1.54, 1.807) is 0 Å². The van der Waals surface area contributed by atoms with E-state index in [0.29, 0.717) is 15.1 Å². The van der Waals surface area contributed by atoms with Gasteiger partial charge in [0.1, 0.15) is 0 Å². The van der Waals surface area contributed by atoms with Gasteiger partial charge in [0.05, 0.1) is 28.7 Å². The Balaban J connectivity index is 1.89. The van der Waals surface area contributed by atoms with E-state index in [-0.39, 0.29) is 0 Å². The number of halogens is 1. The van der Waals surface area contributed by atoms with Gasteiger partial charge < -0.3 is 0 Å². The Bertz CT molecular complexity index is 1470. The molecule has 6 rings (SSSR count). The van der Waals surface area contributed by atoms with Crippen LogP contribution < -0.4 is 0 Å². The van der Waals surface area contributed by atoms with Gasteiger partial charge in [0.2, 0.25) is 0 Å². The molecule has 0 aliphatic heterocycles. The van der Waals surface area contributed by atoms with E-state index in [0.717, 1.165) is 22.3 Å². The molecule has 0 amide bonds. The topological polar surface area (TPSA) is 47.6 Å². The van der Waals surface area contributed by atoms with Gasteiger partial charge in [0.15, 0.2) is 0 Å². The molecule has 1 atom stereocenters. The van der Waals surface area contributed by atoms with Crippen LogP contribution in [0.2, 0.25) is 0 Å². The van der Waals surface area contributed by atoms with Crippen molar-refractivity contribution in [3.8, 4) is 34.4 Å². The first-order valence-corrected chi connectivity index (χ1v) is 11.8. The average molecular weight is 520 g/mol. The van der Waals surface area contributed by atoms with E-state index >= 15 is 0 Å². The molecular weight excluding hydrogens is 503 g/mol. The molecule has 0 unspecified atom stereocenters. The van der Waals surface area contributed by atoms with Gasteiger partial charge in [0, 0.05) is 3.92 Å². The summed E-state index contributed by atoms with van der Waals surface area (Å²) in [6, 6.07) is 31.9. The lowest BCUT2D eigenvalue weighted by Gasteiger charge is -2.32. The Morgan fingerprint density at radius 3 is 1.84 bits per heavy atom. The average Bonchev–Trinajstić information content (AvgIpc) is 3.30. The molecule has 0 saturated carbocycles. The maximum atomic E-state index is 9.74. The van der Waals surface area contributed by atoms with Crippen LogP contribution in [-0.2, 0) is 5.41 Å². The minimum Gasteiger partial charge on any atom is -0.192 e. The molecular formula is C29H17IN2. The molecule has 0 aromatic heterocycles. The molecule has 0 heterocycles. The first-order valence-electron chi connectivity index (χ1n) is 10.6. The van der Waals surface area contributed by atoms with Gasteiger partial charge in [-0.05, 0) is 81.3 Å². The van der Waals surface area contributed by atoms with Crippen LogP contribution in [0.1, 0.15) is 49.8 Å².